The van der Waals surface area contributed by atoms with Crippen LogP contribution in [-0.2, 0) is 4.74 Å². The van der Waals surface area contributed by atoms with Gasteiger partial charge in [-0.2, -0.15) is 0 Å². The highest BCUT2D eigenvalue weighted by molar-refractivity contribution is 7.98. The van der Waals surface area contributed by atoms with E-state index in [9.17, 15) is 13.6 Å². The van der Waals surface area contributed by atoms with Gasteiger partial charge in [0, 0.05) is 18.8 Å². The van der Waals surface area contributed by atoms with E-state index in [-0.39, 0.29) is 16.6 Å². The summed E-state index contributed by atoms with van der Waals surface area (Å²) in [6.45, 7) is 1.89. The largest absolute Gasteiger partial charge is 0.378 e. The molecule has 1 aliphatic rings. The first-order valence-corrected chi connectivity index (χ1v) is 7.01. The van der Waals surface area contributed by atoms with Crippen molar-refractivity contribution in [3.8, 4) is 0 Å². The molecule has 4 nitrogen and oxygen atoms in total. The van der Waals surface area contributed by atoms with Crippen molar-refractivity contribution in [1.82, 2.24) is 4.90 Å². The van der Waals surface area contributed by atoms with Crippen molar-refractivity contribution in [2.75, 3.05) is 37.9 Å². The second kappa shape index (κ2) is 6.21. The SMILES string of the molecule is CSc1c(F)cc(NC(=O)N2CCOCC2)cc1F. The zero-order valence-corrected chi connectivity index (χ0v) is 11.2. The van der Waals surface area contributed by atoms with E-state index in [0.29, 0.717) is 26.3 Å². The molecule has 0 saturated carbocycles. The normalized spacial score (nSPS) is 15.4. The molecule has 0 spiro atoms. The third-order valence-corrected chi connectivity index (χ3v) is 3.55. The van der Waals surface area contributed by atoms with E-state index in [4.69, 9.17) is 4.74 Å². The Morgan fingerprint density at radius 3 is 2.42 bits per heavy atom. The van der Waals surface area contributed by atoms with Gasteiger partial charge in [0.05, 0.1) is 18.1 Å². The van der Waals surface area contributed by atoms with E-state index in [1.807, 2.05) is 0 Å². The Morgan fingerprint density at radius 1 is 1.32 bits per heavy atom. The number of carbonyl (C=O) groups is 1. The van der Waals surface area contributed by atoms with Gasteiger partial charge < -0.3 is 15.0 Å². The van der Waals surface area contributed by atoms with Crippen molar-refractivity contribution in [3.63, 3.8) is 0 Å². The predicted molar refractivity (Wildman–Crippen MR) is 69.5 cm³/mol. The van der Waals surface area contributed by atoms with Gasteiger partial charge >= 0.3 is 6.03 Å². The van der Waals surface area contributed by atoms with Gasteiger partial charge in [-0.05, 0) is 18.4 Å². The summed E-state index contributed by atoms with van der Waals surface area (Å²) in [5, 5.41) is 2.49. The third kappa shape index (κ3) is 3.36. The van der Waals surface area contributed by atoms with Crippen LogP contribution in [0, 0.1) is 11.6 Å². The number of ether oxygens (including phenoxy) is 1. The highest BCUT2D eigenvalue weighted by atomic mass is 32.2. The first-order valence-electron chi connectivity index (χ1n) is 5.78. The first-order chi connectivity index (χ1) is 9.11. The number of carbonyl (C=O) groups excluding carboxylic acids is 1. The van der Waals surface area contributed by atoms with Crippen molar-refractivity contribution >= 4 is 23.5 Å². The predicted octanol–water partition coefficient (Wildman–Crippen LogP) is 2.55. The van der Waals surface area contributed by atoms with E-state index < -0.39 is 11.6 Å². The number of amides is 2. The highest BCUT2D eigenvalue weighted by Crippen LogP contribution is 2.26. The molecule has 0 bridgehead atoms. The number of halogens is 2. The van der Waals surface area contributed by atoms with Crippen LogP contribution in [-0.4, -0.2) is 43.5 Å². The number of anilines is 1. The van der Waals surface area contributed by atoms with Crippen LogP contribution >= 0.6 is 11.8 Å². The number of hydrogen-bond acceptors (Lipinski definition) is 3. The van der Waals surface area contributed by atoms with Gasteiger partial charge in [0.1, 0.15) is 11.6 Å². The minimum absolute atomic E-state index is 0.0515. The van der Waals surface area contributed by atoms with Gasteiger partial charge in [-0.1, -0.05) is 0 Å². The summed E-state index contributed by atoms with van der Waals surface area (Å²) in [6, 6.07) is 1.86. The zero-order valence-electron chi connectivity index (χ0n) is 10.4. The van der Waals surface area contributed by atoms with Crippen LogP contribution in [0.1, 0.15) is 0 Å². The second-order valence-electron chi connectivity index (χ2n) is 4.00. The average Bonchev–Trinajstić information content (AvgIpc) is 2.39. The molecule has 1 saturated heterocycles. The number of nitrogens with one attached hydrogen (secondary N) is 1. The number of hydrogen-bond donors (Lipinski definition) is 1. The van der Waals surface area contributed by atoms with Gasteiger partial charge in [-0.25, -0.2) is 13.6 Å². The molecular weight excluding hydrogens is 274 g/mol. The fourth-order valence-electron chi connectivity index (χ4n) is 1.80. The number of thioether (sulfide) groups is 1. The summed E-state index contributed by atoms with van der Waals surface area (Å²) < 4.78 is 32.2. The summed E-state index contributed by atoms with van der Waals surface area (Å²) in [4.78, 5) is 13.3. The zero-order chi connectivity index (χ0) is 13.8. The number of morpholine rings is 1. The molecule has 0 radical (unpaired) electrons. The van der Waals surface area contributed by atoms with E-state index in [1.54, 1.807) is 11.2 Å². The Bertz CT molecular complexity index is 456. The maximum absolute atomic E-state index is 13.6. The molecule has 2 rings (SSSR count). The molecule has 0 aliphatic carbocycles. The van der Waals surface area contributed by atoms with Gasteiger partial charge in [0.2, 0.25) is 0 Å². The Hall–Kier alpha value is -1.34. The maximum Gasteiger partial charge on any atom is 0.322 e. The topological polar surface area (TPSA) is 41.6 Å². The molecule has 1 aliphatic heterocycles. The van der Waals surface area contributed by atoms with Gasteiger partial charge in [-0.3, -0.25) is 0 Å². The molecule has 1 heterocycles. The molecular formula is C12H14F2N2O2S. The molecule has 104 valence electrons. The quantitative estimate of drug-likeness (QED) is 0.850. The molecule has 19 heavy (non-hydrogen) atoms. The van der Waals surface area contributed by atoms with Crippen molar-refractivity contribution < 1.29 is 18.3 Å². The van der Waals surface area contributed by atoms with Crippen LogP contribution in [0.5, 0.6) is 0 Å². The van der Waals surface area contributed by atoms with Crippen molar-refractivity contribution in [1.29, 1.82) is 0 Å². The number of rotatable bonds is 2. The lowest BCUT2D eigenvalue weighted by Crippen LogP contribution is -2.43. The molecule has 0 unspecified atom stereocenters. The first kappa shape index (κ1) is 14.1. The molecule has 2 amide bonds. The van der Waals surface area contributed by atoms with Gasteiger partial charge in [0.25, 0.3) is 0 Å². The standard InChI is InChI=1S/C12H14F2N2O2S/c1-19-11-9(13)6-8(7-10(11)14)15-12(17)16-2-4-18-5-3-16/h6-7H,2-5H2,1H3,(H,15,17). The van der Waals surface area contributed by atoms with Crippen LogP contribution in [0.4, 0.5) is 19.3 Å². The number of benzene rings is 1. The molecule has 1 fully saturated rings. The van der Waals surface area contributed by atoms with Crippen molar-refractivity contribution in [3.05, 3.63) is 23.8 Å². The van der Waals surface area contributed by atoms with Crippen molar-refractivity contribution in [2.45, 2.75) is 4.90 Å². The van der Waals surface area contributed by atoms with E-state index in [1.165, 1.54) is 0 Å². The highest BCUT2D eigenvalue weighted by Gasteiger charge is 2.18. The number of urea groups is 1. The molecule has 1 N–H and O–H groups in total. The lowest BCUT2D eigenvalue weighted by atomic mass is 10.3. The molecule has 1 aromatic carbocycles. The molecule has 7 heteroatoms. The Kier molecular flexibility index (Phi) is 4.60. The summed E-state index contributed by atoms with van der Waals surface area (Å²) in [5.74, 6) is -1.35. The van der Waals surface area contributed by atoms with E-state index in [0.717, 1.165) is 23.9 Å². The van der Waals surface area contributed by atoms with Crippen molar-refractivity contribution in [2.24, 2.45) is 0 Å². The Labute approximate surface area is 114 Å². The van der Waals surface area contributed by atoms with Crippen LogP contribution in [0.25, 0.3) is 0 Å². The molecule has 0 atom stereocenters. The average molecular weight is 288 g/mol. The van der Waals surface area contributed by atoms with Crippen LogP contribution in [0.3, 0.4) is 0 Å². The number of nitrogens with zero attached hydrogens (tertiary/aromatic N) is 1. The second-order valence-corrected chi connectivity index (χ2v) is 4.82. The smallest absolute Gasteiger partial charge is 0.322 e. The Morgan fingerprint density at radius 2 is 1.89 bits per heavy atom. The summed E-state index contributed by atoms with van der Waals surface area (Å²) in [7, 11) is 0. The fourth-order valence-corrected chi connectivity index (χ4v) is 2.30. The fraction of sp³-hybridized carbons (Fsp3) is 0.417. The van der Waals surface area contributed by atoms with Crippen LogP contribution in [0.2, 0.25) is 0 Å². The van der Waals surface area contributed by atoms with Gasteiger partial charge in [-0.15, -0.1) is 11.8 Å². The summed E-state index contributed by atoms with van der Waals surface area (Å²) >= 11 is 0.988. The summed E-state index contributed by atoms with van der Waals surface area (Å²) in [6.07, 6.45) is 1.59. The van der Waals surface area contributed by atoms with E-state index in [2.05, 4.69) is 5.32 Å². The van der Waals surface area contributed by atoms with Gasteiger partial charge in [0.15, 0.2) is 0 Å². The monoisotopic (exact) mass is 288 g/mol. The molecule has 1 aromatic rings. The van der Waals surface area contributed by atoms with Crippen LogP contribution in [0.15, 0.2) is 17.0 Å². The Balaban J connectivity index is 2.08. The lowest BCUT2D eigenvalue weighted by molar-refractivity contribution is 0.0564. The molecule has 0 aromatic heterocycles. The summed E-state index contributed by atoms with van der Waals surface area (Å²) in [5.41, 5.74) is 0.115. The van der Waals surface area contributed by atoms with E-state index >= 15 is 0 Å². The van der Waals surface area contributed by atoms with Crippen LogP contribution < -0.4 is 5.32 Å². The third-order valence-electron chi connectivity index (χ3n) is 2.75. The maximum atomic E-state index is 13.6. The minimum Gasteiger partial charge on any atom is -0.378 e. The lowest BCUT2D eigenvalue weighted by Gasteiger charge is -2.27. The minimum atomic E-state index is -0.676.